The van der Waals surface area contributed by atoms with Crippen LogP contribution in [0.2, 0.25) is 0 Å². The lowest BCUT2D eigenvalue weighted by atomic mass is 9.97. The van der Waals surface area contributed by atoms with Gasteiger partial charge in [0.2, 0.25) is 0 Å². The highest BCUT2D eigenvalue weighted by molar-refractivity contribution is 6.11. The Hall–Kier alpha value is -3.46. The van der Waals surface area contributed by atoms with E-state index in [0.29, 0.717) is 5.56 Å². The molecule has 0 saturated carbocycles. The normalized spacial score (nSPS) is 9.92. The minimum absolute atomic E-state index is 0.415. The molecule has 0 aliphatic rings. The van der Waals surface area contributed by atoms with Gasteiger partial charge in [-0.25, -0.2) is 0 Å². The van der Waals surface area contributed by atoms with Gasteiger partial charge in [-0.05, 0) is 28.8 Å². The van der Waals surface area contributed by atoms with Gasteiger partial charge in [0, 0.05) is 11.6 Å². The summed E-state index contributed by atoms with van der Waals surface area (Å²) in [6.07, 6.45) is 1.46. The molecule has 3 nitrogen and oxygen atoms in total. The fourth-order valence-corrected chi connectivity index (χ4v) is 2.51. The van der Waals surface area contributed by atoms with Crippen LogP contribution in [0.15, 0.2) is 97.1 Å². The molecule has 3 rings (SSSR count). The summed E-state index contributed by atoms with van der Waals surface area (Å²) in [6, 6.07) is 27.9. The van der Waals surface area contributed by atoms with Crippen molar-refractivity contribution in [1.82, 2.24) is 5.32 Å². The number of hydrogen-bond donors (Lipinski definition) is 1. The van der Waals surface area contributed by atoms with Crippen molar-refractivity contribution in [2.45, 2.75) is 0 Å². The third-order valence-corrected chi connectivity index (χ3v) is 3.72. The first-order valence-corrected chi connectivity index (χ1v) is 7.97. The van der Waals surface area contributed by atoms with E-state index in [1.54, 1.807) is 24.3 Å². The van der Waals surface area contributed by atoms with E-state index in [1.165, 1.54) is 6.08 Å². The van der Waals surface area contributed by atoms with E-state index in [1.807, 2.05) is 66.7 Å². The summed E-state index contributed by atoms with van der Waals surface area (Å²) >= 11 is 0. The zero-order valence-corrected chi connectivity index (χ0v) is 13.6. The molecule has 25 heavy (non-hydrogen) atoms. The number of nitrogens with one attached hydrogen (secondary N) is 1. The van der Waals surface area contributed by atoms with E-state index < -0.39 is 11.8 Å². The standard InChI is InChI=1S/C22H17NO2/c24-21(23-22(25)19-14-8-3-9-15-19)16-20(17-10-4-1-5-11-17)18-12-6-2-7-13-18/h1-16H,(H,23,24,25). The lowest BCUT2D eigenvalue weighted by molar-refractivity contribution is -0.115. The third kappa shape index (κ3) is 4.30. The van der Waals surface area contributed by atoms with Gasteiger partial charge in [-0.3, -0.25) is 14.9 Å². The fraction of sp³-hybridized carbons (Fsp3) is 0. The lowest BCUT2D eigenvalue weighted by Crippen LogP contribution is -2.29. The van der Waals surface area contributed by atoms with Crippen LogP contribution >= 0.6 is 0 Å². The molecular weight excluding hydrogens is 310 g/mol. The Kier molecular flexibility index (Phi) is 5.17. The Balaban J connectivity index is 1.88. The van der Waals surface area contributed by atoms with Crippen LogP contribution in [0.5, 0.6) is 0 Å². The minimum atomic E-state index is -0.448. The Bertz CT molecular complexity index is 844. The van der Waals surface area contributed by atoms with Gasteiger partial charge in [0.25, 0.3) is 11.8 Å². The first-order chi connectivity index (χ1) is 12.2. The van der Waals surface area contributed by atoms with E-state index in [9.17, 15) is 9.59 Å². The predicted molar refractivity (Wildman–Crippen MR) is 98.9 cm³/mol. The second-order valence-corrected chi connectivity index (χ2v) is 5.47. The molecule has 0 aliphatic heterocycles. The molecule has 0 atom stereocenters. The van der Waals surface area contributed by atoms with Crippen LogP contribution in [0.4, 0.5) is 0 Å². The number of amides is 2. The summed E-state index contributed by atoms with van der Waals surface area (Å²) < 4.78 is 0. The van der Waals surface area contributed by atoms with Crippen molar-refractivity contribution in [3.8, 4) is 0 Å². The van der Waals surface area contributed by atoms with Gasteiger partial charge < -0.3 is 0 Å². The average molecular weight is 327 g/mol. The van der Waals surface area contributed by atoms with Gasteiger partial charge in [-0.2, -0.15) is 0 Å². The minimum Gasteiger partial charge on any atom is -0.289 e. The molecule has 0 saturated heterocycles. The van der Waals surface area contributed by atoms with Crippen molar-refractivity contribution in [3.63, 3.8) is 0 Å². The molecule has 3 heteroatoms. The van der Waals surface area contributed by atoms with E-state index >= 15 is 0 Å². The Morgan fingerprint density at radius 2 is 1.00 bits per heavy atom. The monoisotopic (exact) mass is 327 g/mol. The molecule has 0 heterocycles. The smallest absolute Gasteiger partial charge is 0.258 e. The molecule has 0 bridgehead atoms. The molecule has 122 valence electrons. The Morgan fingerprint density at radius 3 is 1.44 bits per heavy atom. The summed E-state index contributed by atoms with van der Waals surface area (Å²) in [5.74, 6) is -0.862. The summed E-state index contributed by atoms with van der Waals surface area (Å²) in [5, 5.41) is 2.41. The second-order valence-electron chi connectivity index (χ2n) is 5.47. The van der Waals surface area contributed by atoms with Crippen LogP contribution in [0.3, 0.4) is 0 Å². The molecule has 3 aromatic carbocycles. The summed E-state index contributed by atoms with van der Waals surface area (Å²) in [5.41, 5.74) is 3.04. The van der Waals surface area contributed by atoms with Crippen molar-refractivity contribution in [2.24, 2.45) is 0 Å². The molecule has 0 fully saturated rings. The third-order valence-electron chi connectivity index (χ3n) is 3.72. The molecule has 1 N–H and O–H groups in total. The molecule has 0 unspecified atom stereocenters. The molecular formula is C22H17NO2. The largest absolute Gasteiger partial charge is 0.289 e. The fourth-order valence-electron chi connectivity index (χ4n) is 2.51. The Morgan fingerprint density at radius 1 is 0.600 bits per heavy atom. The molecule has 0 aromatic heterocycles. The van der Waals surface area contributed by atoms with Gasteiger partial charge in [0.15, 0.2) is 0 Å². The summed E-state index contributed by atoms with van der Waals surface area (Å²) in [4.78, 5) is 24.5. The maximum atomic E-state index is 12.4. The SMILES string of the molecule is O=C(C=C(c1ccccc1)c1ccccc1)NC(=O)c1ccccc1. The number of hydrogen-bond acceptors (Lipinski definition) is 2. The lowest BCUT2D eigenvalue weighted by Gasteiger charge is -2.09. The summed E-state index contributed by atoms with van der Waals surface area (Å²) in [6.45, 7) is 0. The van der Waals surface area contributed by atoms with E-state index in [0.717, 1.165) is 16.7 Å². The first-order valence-electron chi connectivity index (χ1n) is 7.97. The van der Waals surface area contributed by atoms with Crippen molar-refractivity contribution in [3.05, 3.63) is 114 Å². The van der Waals surface area contributed by atoms with Gasteiger partial charge >= 0.3 is 0 Å². The van der Waals surface area contributed by atoms with Crippen molar-refractivity contribution in [1.29, 1.82) is 0 Å². The molecule has 2 amide bonds. The highest BCUT2D eigenvalue weighted by Gasteiger charge is 2.11. The number of rotatable bonds is 4. The quantitative estimate of drug-likeness (QED) is 0.734. The van der Waals surface area contributed by atoms with Crippen molar-refractivity contribution < 1.29 is 9.59 Å². The van der Waals surface area contributed by atoms with Crippen LogP contribution in [0.25, 0.3) is 5.57 Å². The van der Waals surface area contributed by atoms with Crippen molar-refractivity contribution >= 4 is 17.4 Å². The Labute approximate surface area is 146 Å². The van der Waals surface area contributed by atoms with Gasteiger partial charge in [0.1, 0.15) is 0 Å². The molecule has 0 aliphatic carbocycles. The highest BCUT2D eigenvalue weighted by atomic mass is 16.2. The van der Waals surface area contributed by atoms with Gasteiger partial charge in [0.05, 0.1) is 0 Å². The van der Waals surface area contributed by atoms with Crippen LogP contribution in [-0.4, -0.2) is 11.8 Å². The van der Waals surface area contributed by atoms with Crippen LogP contribution in [-0.2, 0) is 4.79 Å². The van der Waals surface area contributed by atoms with Gasteiger partial charge in [-0.15, -0.1) is 0 Å². The average Bonchev–Trinajstić information content (AvgIpc) is 2.68. The van der Waals surface area contributed by atoms with Crippen LogP contribution < -0.4 is 5.32 Å². The predicted octanol–water partition coefficient (Wildman–Crippen LogP) is 4.07. The summed E-state index contributed by atoms with van der Waals surface area (Å²) in [7, 11) is 0. The first kappa shape index (κ1) is 16.4. The van der Waals surface area contributed by atoms with E-state index in [2.05, 4.69) is 5.32 Å². The topological polar surface area (TPSA) is 46.2 Å². The maximum Gasteiger partial charge on any atom is 0.258 e. The van der Waals surface area contributed by atoms with Crippen LogP contribution in [0, 0.1) is 0 Å². The van der Waals surface area contributed by atoms with Gasteiger partial charge in [-0.1, -0.05) is 78.9 Å². The number of carbonyl (C=O) groups excluding carboxylic acids is 2. The second kappa shape index (κ2) is 7.88. The molecule has 3 aromatic rings. The molecule has 0 spiro atoms. The maximum absolute atomic E-state index is 12.4. The zero-order chi connectivity index (χ0) is 17.5. The zero-order valence-electron chi connectivity index (χ0n) is 13.6. The van der Waals surface area contributed by atoms with E-state index in [4.69, 9.17) is 0 Å². The number of benzene rings is 3. The number of imide groups is 1. The number of carbonyl (C=O) groups is 2. The molecule has 0 radical (unpaired) electrons. The van der Waals surface area contributed by atoms with Crippen LogP contribution in [0.1, 0.15) is 21.5 Å². The van der Waals surface area contributed by atoms with Crippen molar-refractivity contribution in [2.75, 3.05) is 0 Å². The highest BCUT2D eigenvalue weighted by Crippen LogP contribution is 2.22. The van der Waals surface area contributed by atoms with E-state index in [-0.39, 0.29) is 0 Å².